The minimum atomic E-state index is -0.00358. The Balaban J connectivity index is 1.64. The Morgan fingerprint density at radius 3 is 2.58 bits per heavy atom. The smallest absolute Gasteiger partial charge is 0.166 e. The summed E-state index contributed by atoms with van der Waals surface area (Å²) in [5, 5.41) is 4.79. The van der Waals surface area contributed by atoms with Gasteiger partial charge in [-0.15, -0.1) is 0 Å². The second-order valence-electron chi connectivity index (χ2n) is 7.82. The molecule has 31 heavy (non-hydrogen) atoms. The van der Waals surface area contributed by atoms with Crippen LogP contribution in [0.1, 0.15) is 39.6 Å². The van der Waals surface area contributed by atoms with Crippen molar-refractivity contribution in [2.24, 2.45) is 0 Å². The number of ether oxygens (including phenoxy) is 2. The summed E-state index contributed by atoms with van der Waals surface area (Å²) >= 11 is 0. The molecule has 6 nitrogen and oxygen atoms in total. The molecule has 2 aromatic carbocycles. The van der Waals surface area contributed by atoms with Gasteiger partial charge in [0.05, 0.1) is 31.2 Å². The minimum Gasteiger partial charge on any atom is -0.497 e. The zero-order chi connectivity index (χ0) is 21.5. The third-order valence-electron chi connectivity index (χ3n) is 6.03. The fourth-order valence-corrected chi connectivity index (χ4v) is 4.52. The lowest BCUT2D eigenvalue weighted by molar-refractivity contribution is 0.0961. The van der Waals surface area contributed by atoms with Crippen LogP contribution in [0, 0.1) is 6.92 Å². The molecule has 5 rings (SSSR count). The predicted molar refractivity (Wildman–Crippen MR) is 118 cm³/mol. The zero-order valence-corrected chi connectivity index (χ0v) is 17.8. The number of nitrogens with zero attached hydrogens (tertiary/aromatic N) is 3. The fourth-order valence-electron chi connectivity index (χ4n) is 4.52. The van der Waals surface area contributed by atoms with Gasteiger partial charge in [0.2, 0.25) is 0 Å². The standard InChI is InChI=1S/C25H23N3O3/c1-15-24(16-7-5-4-6-8-16)25-26-14-20-21(28(25)27-15)11-17(12-22(20)29)19-10-9-18(30-2)13-23(19)31-3/h4-10,13-14,17H,11-12H2,1-3H3/t17-/m1/s1. The normalized spacial score (nSPS) is 15.7. The van der Waals surface area contributed by atoms with Gasteiger partial charge < -0.3 is 9.47 Å². The zero-order valence-electron chi connectivity index (χ0n) is 17.8. The number of hydrogen-bond donors (Lipinski definition) is 0. The molecular weight excluding hydrogens is 390 g/mol. The number of ketones is 1. The SMILES string of the molecule is COc1ccc([C@H]2CC(=O)c3cnc4c(-c5ccccc5)c(C)nn4c3C2)c(OC)c1. The van der Waals surface area contributed by atoms with Crippen molar-refractivity contribution in [3.05, 3.63) is 77.2 Å². The number of methoxy groups -OCH3 is 2. The summed E-state index contributed by atoms with van der Waals surface area (Å²) in [6, 6.07) is 15.9. The molecule has 1 atom stereocenters. The number of benzene rings is 2. The molecule has 1 aliphatic rings. The number of hydrogen-bond acceptors (Lipinski definition) is 5. The maximum absolute atomic E-state index is 13.1. The fraction of sp³-hybridized carbons (Fsp3) is 0.240. The van der Waals surface area contributed by atoms with Gasteiger partial charge in [0, 0.05) is 30.2 Å². The van der Waals surface area contributed by atoms with Gasteiger partial charge in [0.25, 0.3) is 0 Å². The van der Waals surface area contributed by atoms with Crippen LogP contribution in [0.25, 0.3) is 16.8 Å². The second kappa shape index (κ2) is 7.54. The molecule has 0 N–H and O–H groups in total. The van der Waals surface area contributed by atoms with Crippen molar-refractivity contribution >= 4 is 11.4 Å². The molecule has 0 saturated heterocycles. The first-order valence-electron chi connectivity index (χ1n) is 10.3. The van der Waals surface area contributed by atoms with Crippen LogP contribution in [0.4, 0.5) is 0 Å². The molecule has 0 fully saturated rings. The van der Waals surface area contributed by atoms with Crippen LogP contribution >= 0.6 is 0 Å². The lowest BCUT2D eigenvalue weighted by Gasteiger charge is -2.25. The Hall–Kier alpha value is -3.67. The largest absolute Gasteiger partial charge is 0.497 e. The molecule has 4 aromatic rings. The first-order chi connectivity index (χ1) is 15.1. The van der Waals surface area contributed by atoms with Crippen LogP contribution in [-0.2, 0) is 6.42 Å². The molecule has 0 amide bonds. The van der Waals surface area contributed by atoms with Gasteiger partial charge in [-0.2, -0.15) is 5.10 Å². The van der Waals surface area contributed by atoms with Crippen LogP contribution in [-0.4, -0.2) is 34.6 Å². The summed E-state index contributed by atoms with van der Waals surface area (Å²) in [6.45, 7) is 1.98. The van der Waals surface area contributed by atoms with Crippen LogP contribution in [0.5, 0.6) is 11.5 Å². The van der Waals surface area contributed by atoms with Gasteiger partial charge in [-0.05, 0) is 30.5 Å². The van der Waals surface area contributed by atoms with E-state index >= 15 is 0 Å². The molecule has 0 unspecified atom stereocenters. The van der Waals surface area contributed by atoms with Crippen molar-refractivity contribution in [2.45, 2.75) is 25.7 Å². The van der Waals surface area contributed by atoms with Gasteiger partial charge in [-0.3, -0.25) is 4.79 Å². The summed E-state index contributed by atoms with van der Waals surface area (Å²) in [5.41, 5.74) is 6.28. The van der Waals surface area contributed by atoms with E-state index in [2.05, 4.69) is 17.1 Å². The quantitative estimate of drug-likeness (QED) is 0.488. The van der Waals surface area contributed by atoms with E-state index in [-0.39, 0.29) is 11.7 Å². The summed E-state index contributed by atoms with van der Waals surface area (Å²) in [5.74, 6) is 1.53. The third kappa shape index (κ3) is 3.15. The lowest BCUT2D eigenvalue weighted by atomic mass is 9.81. The van der Waals surface area contributed by atoms with Crippen LogP contribution in [0.15, 0.2) is 54.7 Å². The monoisotopic (exact) mass is 413 g/mol. The number of fused-ring (bicyclic) bond motifs is 3. The second-order valence-corrected chi connectivity index (χ2v) is 7.82. The topological polar surface area (TPSA) is 65.7 Å². The highest BCUT2D eigenvalue weighted by atomic mass is 16.5. The van der Waals surface area contributed by atoms with Gasteiger partial charge in [0.15, 0.2) is 11.4 Å². The molecule has 156 valence electrons. The summed E-state index contributed by atoms with van der Waals surface area (Å²) in [6.07, 6.45) is 2.80. The molecule has 2 aromatic heterocycles. The molecule has 0 bridgehead atoms. The Morgan fingerprint density at radius 1 is 1.03 bits per heavy atom. The Morgan fingerprint density at radius 2 is 1.84 bits per heavy atom. The highest BCUT2D eigenvalue weighted by Crippen LogP contribution is 2.39. The predicted octanol–water partition coefficient (Wildman–Crippen LogP) is 4.63. The first-order valence-corrected chi connectivity index (χ1v) is 10.3. The van der Waals surface area contributed by atoms with E-state index in [9.17, 15) is 4.79 Å². The number of Topliss-reactive ketones (excluding diaryl/α,β-unsaturated/α-hetero) is 1. The molecule has 0 aliphatic heterocycles. The highest BCUT2D eigenvalue weighted by molar-refractivity contribution is 5.99. The molecule has 0 saturated carbocycles. The van der Waals surface area contributed by atoms with Crippen molar-refractivity contribution in [2.75, 3.05) is 14.2 Å². The van der Waals surface area contributed by atoms with Gasteiger partial charge in [0.1, 0.15) is 11.5 Å². The summed E-state index contributed by atoms with van der Waals surface area (Å²) < 4.78 is 12.8. The van der Waals surface area contributed by atoms with E-state index in [4.69, 9.17) is 14.6 Å². The van der Waals surface area contributed by atoms with E-state index in [1.807, 2.05) is 47.8 Å². The van der Waals surface area contributed by atoms with Crippen molar-refractivity contribution in [3.8, 4) is 22.6 Å². The molecule has 0 spiro atoms. The van der Waals surface area contributed by atoms with E-state index < -0.39 is 0 Å². The number of aryl methyl sites for hydroxylation is 1. The molecular formula is C25H23N3O3. The van der Waals surface area contributed by atoms with Gasteiger partial charge >= 0.3 is 0 Å². The Labute approximate surface area is 180 Å². The number of aromatic nitrogens is 3. The van der Waals surface area contributed by atoms with Crippen LogP contribution in [0.3, 0.4) is 0 Å². The van der Waals surface area contributed by atoms with Gasteiger partial charge in [-0.1, -0.05) is 36.4 Å². The minimum absolute atomic E-state index is 0.00358. The maximum Gasteiger partial charge on any atom is 0.166 e. The highest BCUT2D eigenvalue weighted by Gasteiger charge is 2.31. The molecule has 0 radical (unpaired) electrons. The van der Waals surface area contributed by atoms with Crippen molar-refractivity contribution in [1.82, 2.24) is 14.6 Å². The van der Waals surface area contributed by atoms with E-state index in [1.54, 1.807) is 20.4 Å². The number of carbonyl (C=O) groups excluding carboxylic acids is 1. The Kier molecular flexibility index (Phi) is 4.70. The van der Waals surface area contributed by atoms with Crippen LogP contribution < -0.4 is 9.47 Å². The number of carbonyl (C=O) groups is 1. The molecule has 6 heteroatoms. The van der Waals surface area contributed by atoms with E-state index in [0.29, 0.717) is 18.4 Å². The van der Waals surface area contributed by atoms with Crippen molar-refractivity contribution in [3.63, 3.8) is 0 Å². The summed E-state index contributed by atoms with van der Waals surface area (Å²) in [4.78, 5) is 17.7. The first kappa shape index (κ1) is 19.3. The average molecular weight is 413 g/mol. The lowest BCUT2D eigenvalue weighted by Crippen LogP contribution is -2.23. The Bertz CT molecular complexity index is 1290. The third-order valence-corrected chi connectivity index (χ3v) is 6.03. The molecule has 2 heterocycles. The molecule has 1 aliphatic carbocycles. The van der Waals surface area contributed by atoms with Crippen molar-refractivity contribution < 1.29 is 14.3 Å². The van der Waals surface area contributed by atoms with Crippen LogP contribution in [0.2, 0.25) is 0 Å². The summed E-state index contributed by atoms with van der Waals surface area (Å²) in [7, 11) is 3.27. The van der Waals surface area contributed by atoms with E-state index in [1.165, 1.54) is 0 Å². The maximum atomic E-state index is 13.1. The van der Waals surface area contributed by atoms with Gasteiger partial charge in [-0.25, -0.2) is 9.50 Å². The number of rotatable bonds is 4. The van der Waals surface area contributed by atoms with E-state index in [0.717, 1.165) is 45.2 Å². The average Bonchev–Trinajstić information content (AvgIpc) is 3.15. The van der Waals surface area contributed by atoms with Crippen molar-refractivity contribution in [1.29, 1.82) is 0 Å².